The molecular formula is C10H15N2NaO5. The van der Waals surface area contributed by atoms with Crippen molar-refractivity contribution in [3.05, 3.63) is 11.8 Å². The van der Waals surface area contributed by atoms with E-state index in [2.05, 4.69) is 15.4 Å². The van der Waals surface area contributed by atoms with Crippen LogP contribution < -0.4 is 45.3 Å². The summed E-state index contributed by atoms with van der Waals surface area (Å²) in [6.07, 6.45) is 1.20. The van der Waals surface area contributed by atoms with Crippen LogP contribution in [0.1, 0.15) is 13.8 Å². The molecule has 0 bridgehead atoms. The average Bonchev–Trinajstić information content (AvgIpc) is 2.23. The minimum absolute atomic E-state index is 0. The minimum Gasteiger partial charge on any atom is -0.548 e. The third kappa shape index (κ3) is 11.4. The van der Waals surface area contributed by atoms with E-state index in [0.29, 0.717) is 5.70 Å². The zero-order valence-electron chi connectivity index (χ0n) is 10.7. The van der Waals surface area contributed by atoms with E-state index in [9.17, 15) is 19.5 Å². The van der Waals surface area contributed by atoms with Gasteiger partial charge in [0.05, 0.1) is 25.7 Å². The van der Waals surface area contributed by atoms with Crippen LogP contribution in [0.25, 0.3) is 0 Å². The predicted molar refractivity (Wildman–Crippen MR) is 56.4 cm³/mol. The molecule has 0 spiro atoms. The molecule has 0 radical (unpaired) electrons. The van der Waals surface area contributed by atoms with E-state index in [1.165, 1.54) is 6.08 Å². The molecule has 1 amide bonds. The maximum atomic E-state index is 11.1. The van der Waals surface area contributed by atoms with Gasteiger partial charge in [-0.15, -0.1) is 0 Å². The minimum atomic E-state index is -1.36. The Morgan fingerprint density at radius 1 is 1.22 bits per heavy atom. The molecule has 96 valence electrons. The molecule has 0 saturated heterocycles. The molecule has 18 heavy (non-hydrogen) atoms. The van der Waals surface area contributed by atoms with Crippen molar-refractivity contribution >= 4 is 17.8 Å². The largest absolute Gasteiger partial charge is 1.00 e. The van der Waals surface area contributed by atoms with Crippen LogP contribution in [0.3, 0.4) is 0 Å². The molecule has 7 nitrogen and oxygen atoms in total. The Morgan fingerprint density at radius 3 is 2.33 bits per heavy atom. The van der Waals surface area contributed by atoms with Gasteiger partial charge in [0.15, 0.2) is 0 Å². The molecule has 0 aromatic rings. The number of hydrogen-bond acceptors (Lipinski definition) is 6. The molecule has 0 aromatic carbocycles. The van der Waals surface area contributed by atoms with Crippen LogP contribution in [-0.2, 0) is 19.1 Å². The Labute approximate surface area is 127 Å². The van der Waals surface area contributed by atoms with Gasteiger partial charge < -0.3 is 25.3 Å². The smallest absolute Gasteiger partial charge is 0.548 e. The van der Waals surface area contributed by atoms with Crippen molar-refractivity contribution in [2.24, 2.45) is 0 Å². The Balaban J connectivity index is 0. The first-order chi connectivity index (χ1) is 7.95. The van der Waals surface area contributed by atoms with E-state index in [4.69, 9.17) is 0 Å². The van der Waals surface area contributed by atoms with Crippen LogP contribution >= 0.6 is 0 Å². The van der Waals surface area contributed by atoms with Gasteiger partial charge in [0.1, 0.15) is 0 Å². The van der Waals surface area contributed by atoms with Gasteiger partial charge in [0, 0.05) is 11.8 Å². The molecule has 0 aliphatic rings. The first-order valence-corrected chi connectivity index (χ1v) is 5.01. The molecule has 0 unspecified atom stereocenters. The van der Waals surface area contributed by atoms with Crippen molar-refractivity contribution in [1.82, 2.24) is 10.6 Å². The van der Waals surface area contributed by atoms with Crippen molar-refractivity contribution in [2.75, 3.05) is 19.7 Å². The first kappa shape index (κ1) is 19.3. The maximum absolute atomic E-state index is 11.1. The third-order valence-electron chi connectivity index (χ3n) is 1.58. The van der Waals surface area contributed by atoms with Gasteiger partial charge >= 0.3 is 35.5 Å². The first-order valence-electron chi connectivity index (χ1n) is 5.01. The fraction of sp³-hybridized carbons (Fsp3) is 0.500. The zero-order valence-corrected chi connectivity index (χ0v) is 12.7. The standard InChI is InChI=1S/C10H16N2O5.Na/c1-3-17-10(16)4-7(2)11-5-8(13)12-6-9(14)15;/h4,11H,3,5-6H2,1-2H3,(H,12,13)(H,14,15);/q;+1/p-1. The second kappa shape index (κ2) is 11.1. The van der Waals surface area contributed by atoms with Crippen molar-refractivity contribution in [2.45, 2.75) is 13.8 Å². The average molecular weight is 266 g/mol. The summed E-state index contributed by atoms with van der Waals surface area (Å²) in [6.45, 7) is 2.87. The van der Waals surface area contributed by atoms with E-state index in [0.717, 1.165) is 0 Å². The van der Waals surface area contributed by atoms with Gasteiger partial charge in [-0.05, 0) is 13.8 Å². The van der Waals surface area contributed by atoms with Gasteiger partial charge in [-0.2, -0.15) is 0 Å². The second-order valence-corrected chi connectivity index (χ2v) is 3.08. The van der Waals surface area contributed by atoms with Crippen LogP contribution in [-0.4, -0.2) is 37.5 Å². The van der Waals surface area contributed by atoms with Crippen LogP contribution in [0.15, 0.2) is 11.8 Å². The number of carbonyl (C=O) groups excluding carboxylic acids is 3. The van der Waals surface area contributed by atoms with Crippen molar-refractivity contribution in [3.8, 4) is 0 Å². The number of carboxylic acid groups (broad SMARTS) is 1. The summed E-state index contributed by atoms with van der Waals surface area (Å²) >= 11 is 0. The Kier molecular flexibility index (Phi) is 11.9. The number of allylic oxidation sites excluding steroid dienone is 1. The summed E-state index contributed by atoms with van der Waals surface area (Å²) in [7, 11) is 0. The molecular weight excluding hydrogens is 251 g/mol. The summed E-state index contributed by atoms with van der Waals surface area (Å²) in [5.74, 6) is -2.38. The fourth-order valence-corrected chi connectivity index (χ4v) is 0.865. The molecule has 0 atom stereocenters. The topological polar surface area (TPSA) is 108 Å². The molecule has 0 saturated carbocycles. The number of nitrogens with one attached hydrogen (secondary N) is 2. The quantitative estimate of drug-likeness (QED) is 0.271. The summed E-state index contributed by atoms with van der Waals surface area (Å²) in [5, 5.41) is 14.8. The Morgan fingerprint density at radius 2 is 1.83 bits per heavy atom. The van der Waals surface area contributed by atoms with E-state index in [-0.39, 0.29) is 42.7 Å². The van der Waals surface area contributed by atoms with Crippen molar-refractivity contribution in [3.63, 3.8) is 0 Å². The molecule has 0 fully saturated rings. The molecule has 2 N–H and O–H groups in total. The fourth-order valence-electron chi connectivity index (χ4n) is 0.865. The Bertz CT molecular complexity index is 330. The van der Waals surface area contributed by atoms with Crippen molar-refractivity contribution < 1.29 is 53.8 Å². The SMILES string of the molecule is CCOC(=O)C=C(C)NCC(=O)NCC(=O)[O-].[Na+]. The van der Waals surface area contributed by atoms with Crippen LogP contribution in [0.4, 0.5) is 0 Å². The second-order valence-electron chi connectivity index (χ2n) is 3.08. The van der Waals surface area contributed by atoms with Crippen LogP contribution in [0.5, 0.6) is 0 Å². The molecule has 0 aliphatic heterocycles. The summed E-state index contributed by atoms with van der Waals surface area (Å²) < 4.78 is 4.66. The van der Waals surface area contributed by atoms with E-state index < -0.39 is 24.4 Å². The van der Waals surface area contributed by atoms with Crippen LogP contribution in [0, 0.1) is 0 Å². The van der Waals surface area contributed by atoms with Crippen molar-refractivity contribution in [1.29, 1.82) is 0 Å². The van der Waals surface area contributed by atoms with E-state index in [1.807, 2.05) is 0 Å². The van der Waals surface area contributed by atoms with Gasteiger partial charge in [0.2, 0.25) is 5.91 Å². The molecule has 0 aromatic heterocycles. The molecule has 0 rings (SSSR count). The van der Waals surface area contributed by atoms with E-state index in [1.54, 1.807) is 13.8 Å². The number of amides is 1. The summed E-state index contributed by atoms with van der Waals surface area (Å²) in [6, 6.07) is 0. The number of hydrogen-bond donors (Lipinski definition) is 2. The van der Waals surface area contributed by atoms with Gasteiger partial charge in [-0.3, -0.25) is 4.79 Å². The zero-order chi connectivity index (χ0) is 13.3. The van der Waals surface area contributed by atoms with Gasteiger partial charge in [0.25, 0.3) is 0 Å². The van der Waals surface area contributed by atoms with E-state index >= 15 is 0 Å². The van der Waals surface area contributed by atoms with Gasteiger partial charge in [-0.25, -0.2) is 4.79 Å². The van der Waals surface area contributed by atoms with Crippen LogP contribution in [0.2, 0.25) is 0 Å². The number of esters is 1. The summed E-state index contributed by atoms with van der Waals surface area (Å²) in [4.78, 5) is 32.1. The number of carbonyl (C=O) groups is 3. The molecule has 0 heterocycles. The monoisotopic (exact) mass is 266 g/mol. The normalized spacial score (nSPS) is 10.0. The molecule has 0 aliphatic carbocycles. The summed E-state index contributed by atoms with van der Waals surface area (Å²) in [5.41, 5.74) is 0.451. The maximum Gasteiger partial charge on any atom is 1.00 e. The number of ether oxygens (including phenoxy) is 1. The number of rotatable bonds is 7. The predicted octanol–water partition coefficient (Wildman–Crippen LogP) is -5.09. The third-order valence-corrected chi connectivity index (χ3v) is 1.58. The number of carboxylic acids is 1. The molecule has 8 heteroatoms. The van der Waals surface area contributed by atoms with Gasteiger partial charge in [-0.1, -0.05) is 0 Å². The Hall–Kier alpha value is -1.05. The number of aliphatic carboxylic acids is 1.